The summed E-state index contributed by atoms with van der Waals surface area (Å²) in [7, 11) is 1.63. The lowest BCUT2D eigenvalue weighted by molar-refractivity contribution is -0.114. The van der Waals surface area contributed by atoms with Crippen molar-refractivity contribution >= 4 is 35.0 Å². The zero-order chi connectivity index (χ0) is 21.5. The van der Waals surface area contributed by atoms with E-state index in [4.69, 9.17) is 4.74 Å². The predicted molar refractivity (Wildman–Crippen MR) is 122 cm³/mol. The Morgan fingerprint density at radius 2 is 1.63 bits per heavy atom. The van der Waals surface area contributed by atoms with E-state index in [0.29, 0.717) is 22.7 Å². The van der Waals surface area contributed by atoms with Crippen molar-refractivity contribution in [3.63, 3.8) is 0 Å². The molecule has 0 heterocycles. The molecule has 3 rings (SSSR count). The normalized spacial score (nSPS) is 10.4. The van der Waals surface area contributed by atoms with E-state index in [2.05, 4.69) is 41.8 Å². The Bertz CT molecular complexity index is 1050. The fourth-order valence-electron chi connectivity index (χ4n) is 2.91. The number of methoxy groups -OCH3 is 1. The molecule has 0 unspecified atom stereocenters. The molecule has 3 aromatic carbocycles. The van der Waals surface area contributed by atoms with E-state index < -0.39 is 0 Å². The number of hydrogen-bond donors (Lipinski definition) is 2. The van der Waals surface area contributed by atoms with Gasteiger partial charge in [-0.15, -0.1) is 11.8 Å². The lowest BCUT2D eigenvalue weighted by Gasteiger charge is -2.12. The molecule has 0 saturated heterocycles. The van der Waals surface area contributed by atoms with Crippen molar-refractivity contribution in [1.82, 2.24) is 0 Å². The second-order valence-electron chi connectivity index (χ2n) is 6.84. The van der Waals surface area contributed by atoms with Gasteiger partial charge in [-0.1, -0.05) is 23.8 Å². The highest BCUT2D eigenvalue weighted by molar-refractivity contribution is 7.98. The molecule has 0 fully saturated rings. The number of nitrogens with one attached hydrogen (secondary N) is 2. The third-order valence-electron chi connectivity index (χ3n) is 4.40. The number of hydrogen-bond acceptors (Lipinski definition) is 4. The summed E-state index contributed by atoms with van der Waals surface area (Å²) in [6.45, 7) is 3.50. The van der Waals surface area contributed by atoms with Crippen molar-refractivity contribution in [2.45, 2.75) is 24.5 Å². The Balaban J connectivity index is 1.74. The number of thioether (sulfide) groups is 1. The molecule has 0 saturated carbocycles. The number of aryl methyl sites for hydroxylation is 1. The Morgan fingerprint density at radius 1 is 0.933 bits per heavy atom. The van der Waals surface area contributed by atoms with E-state index in [9.17, 15) is 9.59 Å². The molecular weight excluding hydrogens is 396 g/mol. The van der Waals surface area contributed by atoms with Gasteiger partial charge >= 0.3 is 0 Å². The molecule has 0 aliphatic carbocycles. The van der Waals surface area contributed by atoms with Crippen molar-refractivity contribution < 1.29 is 14.3 Å². The number of ether oxygens (including phenoxy) is 1. The molecule has 0 spiro atoms. The summed E-state index contributed by atoms with van der Waals surface area (Å²) in [5, 5.41) is 5.59. The fraction of sp³-hybridized carbons (Fsp3) is 0.167. The maximum Gasteiger partial charge on any atom is 0.255 e. The molecule has 6 heteroatoms. The minimum absolute atomic E-state index is 0.163. The van der Waals surface area contributed by atoms with Crippen LogP contribution in [0.5, 0.6) is 5.75 Å². The predicted octanol–water partition coefficient (Wildman–Crippen LogP) is 5.51. The van der Waals surface area contributed by atoms with E-state index in [1.165, 1.54) is 12.5 Å². The summed E-state index contributed by atoms with van der Waals surface area (Å²) in [5.41, 5.74) is 3.95. The Morgan fingerprint density at radius 3 is 2.30 bits per heavy atom. The molecule has 0 atom stereocenters. The van der Waals surface area contributed by atoms with Gasteiger partial charge in [0, 0.05) is 40.1 Å². The van der Waals surface area contributed by atoms with E-state index in [1.54, 1.807) is 49.2 Å². The van der Waals surface area contributed by atoms with Crippen molar-refractivity contribution in [3.05, 3.63) is 83.4 Å². The highest BCUT2D eigenvalue weighted by Crippen LogP contribution is 2.29. The number of carbonyl (C=O) groups excluding carboxylic acids is 2. The van der Waals surface area contributed by atoms with Crippen LogP contribution < -0.4 is 15.4 Å². The number of amides is 2. The first-order valence-corrected chi connectivity index (χ1v) is 10.5. The highest BCUT2D eigenvalue weighted by Gasteiger charge is 2.12. The molecule has 0 aromatic heterocycles. The van der Waals surface area contributed by atoms with Gasteiger partial charge in [-0.25, -0.2) is 0 Å². The molecule has 2 amide bonds. The first-order chi connectivity index (χ1) is 14.4. The second-order valence-corrected chi connectivity index (χ2v) is 7.89. The van der Waals surface area contributed by atoms with Crippen molar-refractivity contribution in [1.29, 1.82) is 0 Å². The summed E-state index contributed by atoms with van der Waals surface area (Å²) in [4.78, 5) is 25.2. The summed E-state index contributed by atoms with van der Waals surface area (Å²) in [6, 6.07) is 20.8. The summed E-state index contributed by atoms with van der Waals surface area (Å²) in [5.74, 6) is 1.05. The molecule has 3 aromatic rings. The molecule has 0 radical (unpaired) electrons. The molecule has 0 aliphatic rings. The van der Waals surface area contributed by atoms with Crippen molar-refractivity contribution in [3.8, 4) is 5.75 Å². The van der Waals surface area contributed by atoms with E-state index >= 15 is 0 Å². The quantitative estimate of drug-likeness (QED) is 0.495. The first-order valence-electron chi connectivity index (χ1n) is 9.50. The first kappa shape index (κ1) is 21.5. The third-order valence-corrected chi connectivity index (χ3v) is 5.46. The third kappa shape index (κ3) is 5.87. The topological polar surface area (TPSA) is 67.4 Å². The van der Waals surface area contributed by atoms with Gasteiger partial charge in [0.2, 0.25) is 5.91 Å². The standard InChI is InChI=1S/C24H24N2O3S/c1-16-7-10-22(11-8-16)30-15-19-13-18(9-12-23(19)29-3)24(28)26-21-6-4-5-20(14-21)25-17(2)27/h4-14H,15H2,1-3H3,(H,25,27)(H,26,28). The van der Waals surface area contributed by atoms with Gasteiger partial charge < -0.3 is 15.4 Å². The average Bonchev–Trinajstić information content (AvgIpc) is 2.73. The molecule has 2 N–H and O–H groups in total. The maximum absolute atomic E-state index is 12.8. The Kier molecular flexibility index (Phi) is 7.14. The monoisotopic (exact) mass is 420 g/mol. The Hall–Kier alpha value is -3.25. The largest absolute Gasteiger partial charge is 0.496 e. The summed E-state index contributed by atoms with van der Waals surface area (Å²) in [6.07, 6.45) is 0. The number of rotatable bonds is 7. The van der Waals surface area contributed by atoms with Gasteiger partial charge in [0.15, 0.2) is 0 Å². The molecule has 0 aliphatic heterocycles. The zero-order valence-corrected chi connectivity index (χ0v) is 18.0. The van der Waals surface area contributed by atoms with Gasteiger partial charge in [-0.2, -0.15) is 0 Å². The van der Waals surface area contributed by atoms with Gasteiger partial charge in [-0.05, 0) is 55.5 Å². The SMILES string of the molecule is COc1ccc(C(=O)Nc2cccc(NC(C)=O)c2)cc1CSc1ccc(C)cc1. The lowest BCUT2D eigenvalue weighted by Crippen LogP contribution is -2.13. The molecular formula is C24H24N2O3S. The lowest BCUT2D eigenvalue weighted by atomic mass is 10.1. The summed E-state index contributed by atoms with van der Waals surface area (Å²) >= 11 is 1.69. The van der Waals surface area contributed by atoms with Crippen LogP contribution in [0.25, 0.3) is 0 Å². The van der Waals surface area contributed by atoms with Gasteiger partial charge in [0.05, 0.1) is 7.11 Å². The van der Waals surface area contributed by atoms with E-state index in [0.717, 1.165) is 16.2 Å². The fourth-order valence-corrected chi connectivity index (χ4v) is 3.79. The van der Waals surface area contributed by atoms with E-state index in [1.807, 2.05) is 12.1 Å². The van der Waals surface area contributed by atoms with Crippen LogP contribution in [0, 0.1) is 6.92 Å². The van der Waals surface area contributed by atoms with Crippen molar-refractivity contribution in [2.75, 3.05) is 17.7 Å². The van der Waals surface area contributed by atoms with E-state index in [-0.39, 0.29) is 11.8 Å². The van der Waals surface area contributed by atoms with Crippen LogP contribution in [0.2, 0.25) is 0 Å². The van der Waals surface area contributed by atoms with Crippen molar-refractivity contribution in [2.24, 2.45) is 0 Å². The minimum atomic E-state index is -0.223. The number of anilines is 2. The van der Waals surface area contributed by atoms with Gasteiger partial charge in [0.25, 0.3) is 5.91 Å². The number of benzene rings is 3. The van der Waals surface area contributed by atoms with Crippen LogP contribution in [0.3, 0.4) is 0 Å². The maximum atomic E-state index is 12.8. The molecule has 154 valence electrons. The molecule has 5 nitrogen and oxygen atoms in total. The molecule has 30 heavy (non-hydrogen) atoms. The van der Waals surface area contributed by atoms with Crippen LogP contribution in [0.1, 0.15) is 28.4 Å². The van der Waals surface area contributed by atoms with Crippen LogP contribution >= 0.6 is 11.8 Å². The van der Waals surface area contributed by atoms with Crippen LogP contribution in [-0.2, 0) is 10.5 Å². The van der Waals surface area contributed by atoms with Crippen LogP contribution in [0.4, 0.5) is 11.4 Å². The zero-order valence-electron chi connectivity index (χ0n) is 17.2. The van der Waals surface area contributed by atoms with Crippen LogP contribution in [0.15, 0.2) is 71.6 Å². The second kappa shape index (κ2) is 9.98. The Labute approximate surface area is 180 Å². The number of carbonyl (C=O) groups is 2. The molecule has 0 bridgehead atoms. The smallest absolute Gasteiger partial charge is 0.255 e. The summed E-state index contributed by atoms with van der Waals surface area (Å²) < 4.78 is 5.47. The van der Waals surface area contributed by atoms with Gasteiger partial charge in [0.1, 0.15) is 5.75 Å². The highest BCUT2D eigenvalue weighted by atomic mass is 32.2. The van der Waals surface area contributed by atoms with Crippen LogP contribution in [-0.4, -0.2) is 18.9 Å². The average molecular weight is 421 g/mol. The minimum Gasteiger partial charge on any atom is -0.496 e. The van der Waals surface area contributed by atoms with Gasteiger partial charge in [-0.3, -0.25) is 9.59 Å².